The maximum Gasteiger partial charge on any atom is 0.0748 e. The molecule has 83 heavy (non-hydrogen) atoms. The summed E-state index contributed by atoms with van der Waals surface area (Å²) in [6, 6.07) is 112. The lowest BCUT2D eigenvalue weighted by molar-refractivity contribution is 0.729. The first kappa shape index (κ1) is 48.6. The molecule has 2 heteroatoms. The number of anilines is 4. The van der Waals surface area contributed by atoms with Crippen LogP contribution in [0.15, 0.2) is 297 Å². The van der Waals surface area contributed by atoms with E-state index >= 15 is 0 Å². The van der Waals surface area contributed by atoms with Crippen molar-refractivity contribution in [2.24, 2.45) is 0 Å². The quantitative estimate of drug-likeness (QED) is 0.147. The Morgan fingerprint density at radius 2 is 0.675 bits per heavy atom. The minimum absolute atomic E-state index is 0.673. The van der Waals surface area contributed by atoms with Crippen LogP contribution >= 0.6 is 0 Å². The first-order valence-electron chi connectivity index (χ1n) is 29.0. The van der Waals surface area contributed by atoms with Crippen molar-refractivity contribution in [1.29, 1.82) is 0 Å². The summed E-state index contributed by atoms with van der Waals surface area (Å²) in [6.45, 7) is 2.22. The first-order chi connectivity index (χ1) is 40.9. The molecule has 0 bridgehead atoms. The third-order valence-electron chi connectivity index (χ3n) is 18.7. The second kappa shape index (κ2) is 18.9. The molecule has 2 nitrogen and oxygen atoms in total. The number of fused-ring (bicyclic) bond motifs is 8. The van der Waals surface area contributed by atoms with E-state index in [0.29, 0.717) is 0 Å². The van der Waals surface area contributed by atoms with Gasteiger partial charge in [0.25, 0.3) is 0 Å². The molecule has 0 radical (unpaired) electrons. The van der Waals surface area contributed by atoms with Gasteiger partial charge < -0.3 is 9.80 Å². The van der Waals surface area contributed by atoms with Crippen molar-refractivity contribution >= 4 is 65.8 Å². The van der Waals surface area contributed by atoms with Gasteiger partial charge in [-0.15, -0.1) is 0 Å². The Balaban J connectivity index is 1.05. The second-order valence-corrected chi connectivity index (χ2v) is 22.8. The second-order valence-electron chi connectivity index (χ2n) is 22.8. The molecule has 14 aromatic carbocycles. The van der Waals surface area contributed by atoms with Gasteiger partial charge in [-0.25, -0.2) is 0 Å². The smallest absolute Gasteiger partial charge is 0.0748 e. The van der Waals surface area contributed by atoms with Crippen molar-refractivity contribution in [3.05, 3.63) is 347 Å². The molecule has 0 fully saturated rings. The van der Waals surface area contributed by atoms with Gasteiger partial charge in [-0.05, 0) is 171 Å². The van der Waals surface area contributed by atoms with Crippen molar-refractivity contribution in [3.8, 4) is 33.4 Å². The van der Waals surface area contributed by atoms with Crippen LogP contribution in [0.25, 0.3) is 76.5 Å². The highest BCUT2D eigenvalue weighted by Crippen LogP contribution is 2.61. The molecule has 0 saturated carbocycles. The van der Waals surface area contributed by atoms with Gasteiger partial charge in [0, 0.05) is 48.0 Å². The van der Waals surface area contributed by atoms with E-state index in [9.17, 15) is 0 Å². The number of benzene rings is 14. The highest BCUT2D eigenvalue weighted by molar-refractivity contribution is 6.20. The molecule has 0 unspecified atom stereocenters. The normalized spacial score (nSPS) is 13.9. The minimum atomic E-state index is -0.673. The molecule has 2 aliphatic heterocycles. The van der Waals surface area contributed by atoms with E-state index in [4.69, 9.17) is 0 Å². The van der Waals surface area contributed by atoms with Crippen molar-refractivity contribution in [1.82, 2.24) is 0 Å². The van der Waals surface area contributed by atoms with Crippen LogP contribution in [0.2, 0.25) is 0 Å². The van der Waals surface area contributed by atoms with E-state index in [1.165, 1.54) is 149 Å². The summed E-state index contributed by atoms with van der Waals surface area (Å²) in [7, 11) is 4.49. The molecule has 0 atom stereocenters. The van der Waals surface area contributed by atoms with Gasteiger partial charge in [0.05, 0.1) is 10.8 Å². The van der Waals surface area contributed by atoms with Crippen molar-refractivity contribution in [2.75, 3.05) is 23.9 Å². The SMILES string of the molecule is Cc1cccc2cc3cc(-c4c5cccc(-c6cccc7c6C(c6ccccc6)(c6ccccc6)c6ccccc6N7C)c5cc5c(-c6cccc7c6C(c6ccccc6)(c6ccccc6)c6ccccc6N7C)cccc45)ccc3cc12. The monoisotopic (exact) mass is 1060 g/mol. The van der Waals surface area contributed by atoms with Gasteiger partial charge in [0.15, 0.2) is 0 Å². The molecule has 16 rings (SSSR count). The molecule has 0 saturated heterocycles. The Hall–Kier alpha value is -10.3. The average Bonchev–Trinajstić information content (AvgIpc) is 0.945. The zero-order chi connectivity index (χ0) is 55.4. The largest absolute Gasteiger partial charge is 0.344 e. The Kier molecular flexibility index (Phi) is 11.1. The molecular weight excluding hydrogens is 1000 g/mol. The Labute approximate surface area is 485 Å². The zero-order valence-corrected chi connectivity index (χ0v) is 46.7. The van der Waals surface area contributed by atoms with Gasteiger partial charge >= 0.3 is 0 Å². The summed E-state index contributed by atoms with van der Waals surface area (Å²) < 4.78 is 0. The maximum absolute atomic E-state index is 2.55. The van der Waals surface area contributed by atoms with Crippen molar-refractivity contribution < 1.29 is 0 Å². The van der Waals surface area contributed by atoms with E-state index in [2.05, 4.69) is 328 Å². The summed E-state index contributed by atoms with van der Waals surface area (Å²) in [5.41, 5.74) is 21.9. The van der Waals surface area contributed by atoms with Crippen LogP contribution in [0.5, 0.6) is 0 Å². The molecule has 0 amide bonds. The first-order valence-corrected chi connectivity index (χ1v) is 29.0. The fourth-order valence-corrected chi connectivity index (χ4v) is 15.1. The summed E-state index contributed by atoms with van der Waals surface area (Å²) >= 11 is 0. The number of rotatable bonds is 7. The lowest BCUT2D eigenvalue weighted by atomic mass is 9.60. The minimum Gasteiger partial charge on any atom is -0.344 e. The highest BCUT2D eigenvalue weighted by Gasteiger charge is 2.49. The molecule has 0 aromatic heterocycles. The third-order valence-corrected chi connectivity index (χ3v) is 18.7. The van der Waals surface area contributed by atoms with E-state index in [1.807, 2.05) is 0 Å². The molecule has 0 spiro atoms. The third kappa shape index (κ3) is 7.03. The molecule has 0 aliphatic carbocycles. The summed E-state index contributed by atoms with van der Waals surface area (Å²) in [6.07, 6.45) is 0. The van der Waals surface area contributed by atoms with Gasteiger partial charge in [-0.3, -0.25) is 0 Å². The van der Waals surface area contributed by atoms with E-state index in [-0.39, 0.29) is 0 Å². The fraction of sp³-hybridized carbons (Fsp3) is 0.0617. The number of aryl methyl sites for hydroxylation is 1. The van der Waals surface area contributed by atoms with Crippen LogP contribution in [0, 0.1) is 6.92 Å². The van der Waals surface area contributed by atoms with Crippen LogP contribution in [-0.4, -0.2) is 14.1 Å². The topological polar surface area (TPSA) is 6.48 Å². The Morgan fingerprint density at radius 1 is 0.265 bits per heavy atom. The number of para-hydroxylation sites is 2. The van der Waals surface area contributed by atoms with E-state index in [1.54, 1.807) is 0 Å². The van der Waals surface area contributed by atoms with Crippen LogP contribution < -0.4 is 9.80 Å². The van der Waals surface area contributed by atoms with Gasteiger partial charge in [0.2, 0.25) is 0 Å². The molecule has 392 valence electrons. The summed E-state index contributed by atoms with van der Waals surface area (Å²) in [5, 5.41) is 9.82. The van der Waals surface area contributed by atoms with Gasteiger partial charge in [0.1, 0.15) is 0 Å². The molecule has 2 heterocycles. The summed E-state index contributed by atoms with van der Waals surface area (Å²) in [5.74, 6) is 0. The van der Waals surface area contributed by atoms with Gasteiger partial charge in [-0.2, -0.15) is 0 Å². The fourth-order valence-electron chi connectivity index (χ4n) is 15.1. The van der Waals surface area contributed by atoms with Crippen LogP contribution in [0.3, 0.4) is 0 Å². The van der Waals surface area contributed by atoms with E-state index < -0.39 is 10.8 Å². The maximum atomic E-state index is 2.55. The lowest BCUT2D eigenvalue weighted by Gasteiger charge is -2.46. The summed E-state index contributed by atoms with van der Waals surface area (Å²) in [4.78, 5) is 4.84. The van der Waals surface area contributed by atoms with Gasteiger partial charge in [-0.1, -0.05) is 249 Å². The lowest BCUT2D eigenvalue weighted by Crippen LogP contribution is -2.38. The van der Waals surface area contributed by atoms with E-state index in [0.717, 1.165) is 0 Å². The molecule has 14 aromatic rings. The average molecular weight is 1060 g/mol. The highest BCUT2D eigenvalue weighted by atomic mass is 15.1. The number of hydrogen-bond acceptors (Lipinski definition) is 2. The van der Waals surface area contributed by atoms with Crippen LogP contribution in [0.4, 0.5) is 22.7 Å². The van der Waals surface area contributed by atoms with Crippen molar-refractivity contribution in [3.63, 3.8) is 0 Å². The molecule has 2 aliphatic rings. The number of nitrogens with zero attached hydrogens (tertiary/aromatic N) is 2. The molecule has 0 N–H and O–H groups in total. The Morgan fingerprint density at radius 3 is 1.16 bits per heavy atom. The van der Waals surface area contributed by atoms with Crippen molar-refractivity contribution in [2.45, 2.75) is 17.8 Å². The Bertz CT molecular complexity index is 4560. The standard InChI is InChI=1S/C81H58N2/c1-53-25-20-26-55-49-57-50-56(48-47-54(57)51-68(53)55)77-64-37-21-35-62(66-39-23-45-75-78(66)80(58-27-8-4-9-28-58,59-29-10-5-11-30-59)71-41-16-18-43-73(71)82(75)2)69(64)52-70-63(36-22-38-65(70)77)67-40-24-46-76-79(67)81(60-31-12-6-13-32-60,61-33-14-7-15-34-61)72-42-17-19-44-74(72)83(76)3/h4-52H,1-3H3. The van der Waals surface area contributed by atoms with Crippen LogP contribution in [0.1, 0.15) is 50.1 Å². The predicted octanol–water partition coefficient (Wildman–Crippen LogP) is 20.5. The number of hydrogen-bond donors (Lipinski definition) is 0. The molecular formula is C81H58N2. The predicted molar refractivity (Wildman–Crippen MR) is 350 cm³/mol. The zero-order valence-electron chi connectivity index (χ0n) is 46.7. The van der Waals surface area contributed by atoms with Crippen LogP contribution in [-0.2, 0) is 10.8 Å².